The quantitative estimate of drug-likeness (QED) is 0.295. The van der Waals surface area contributed by atoms with Gasteiger partial charge in [0.2, 0.25) is 0 Å². The molecule has 8 heteroatoms. The highest BCUT2D eigenvalue weighted by Crippen LogP contribution is 2.13. The largest absolute Gasteiger partial charge is 0.494 e. The van der Waals surface area contributed by atoms with Crippen LogP contribution in [0.2, 0.25) is 0 Å². The number of guanidine groups is 1. The molecule has 26 heavy (non-hydrogen) atoms. The fourth-order valence-electron chi connectivity index (χ4n) is 2.23. The molecule has 1 unspecified atom stereocenters. The second-order valence-electron chi connectivity index (χ2n) is 6.21. The lowest BCUT2D eigenvalue weighted by Crippen LogP contribution is -2.43. The summed E-state index contributed by atoms with van der Waals surface area (Å²) in [7, 11) is -1.23. The van der Waals surface area contributed by atoms with Gasteiger partial charge < -0.3 is 15.4 Å². The van der Waals surface area contributed by atoms with Gasteiger partial charge in [-0.2, -0.15) is 0 Å². The van der Waals surface area contributed by atoms with Crippen LogP contribution in [0.15, 0.2) is 29.3 Å². The van der Waals surface area contributed by atoms with E-state index in [1.165, 1.54) is 11.8 Å². The third-order valence-electron chi connectivity index (χ3n) is 3.61. The Morgan fingerprint density at radius 3 is 2.69 bits per heavy atom. The van der Waals surface area contributed by atoms with E-state index in [2.05, 4.69) is 34.7 Å². The summed E-state index contributed by atoms with van der Waals surface area (Å²) in [6.45, 7) is 5.50. The summed E-state index contributed by atoms with van der Waals surface area (Å²) in [6, 6.07) is 8.14. The van der Waals surface area contributed by atoms with Gasteiger partial charge in [-0.25, -0.2) is 8.42 Å². The number of hydrogen-bond acceptors (Lipinski definition) is 4. The van der Waals surface area contributed by atoms with Crippen LogP contribution in [0.25, 0.3) is 0 Å². The lowest BCUT2D eigenvalue weighted by molar-refractivity contribution is 0.317. The molecule has 1 aromatic carbocycles. The van der Waals surface area contributed by atoms with Gasteiger partial charge in [0.1, 0.15) is 15.6 Å². The first-order valence-corrected chi connectivity index (χ1v) is 10.8. The normalized spacial score (nSPS) is 12.8. The number of rotatable bonds is 10. The van der Waals surface area contributed by atoms with E-state index in [1.807, 2.05) is 19.1 Å². The monoisotopic (exact) mass is 497 g/mol. The van der Waals surface area contributed by atoms with Crippen LogP contribution in [0.5, 0.6) is 5.75 Å². The summed E-state index contributed by atoms with van der Waals surface area (Å²) in [5.74, 6) is 1.75. The molecule has 6 nitrogen and oxygen atoms in total. The molecule has 1 atom stereocenters. The lowest BCUT2D eigenvalue weighted by Gasteiger charge is -2.17. The molecule has 0 fully saturated rings. The standard InChI is InChI=1S/C18H31N3O3S.HI/c1-5-12-24-17-8-6-7-16(14-17)9-11-20-18(19-3)21-15(2)10-13-25(4,22)23;/h6-8,14-15H,5,9-13H2,1-4H3,(H2,19,20,21);1H. The van der Waals surface area contributed by atoms with Crippen molar-refractivity contribution >= 4 is 39.8 Å². The molecule has 0 amide bonds. The van der Waals surface area contributed by atoms with Gasteiger partial charge >= 0.3 is 0 Å². The third kappa shape index (κ3) is 11.6. The molecule has 0 spiro atoms. The number of sulfone groups is 1. The number of nitrogens with zero attached hydrogens (tertiary/aromatic N) is 1. The number of benzene rings is 1. The van der Waals surface area contributed by atoms with Crippen molar-refractivity contribution in [2.24, 2.45) is 4.99 Å². The topological polar surface area (TPSA) is 79.8 Å². The van der Waals surface area contributed by atoms with Gasteiger partial charge in [-0.05, 0) is 43.9 Å². The number of ether oxygens (including phenoxy) is 1. The molecule has 150 valence electrons. The Labute approximate surface area is 175 Å². The summed E-state index contributed by atoms with van der Waals surface area (Å²) in [4.78, 5) is 4.18. The zero-order valence-electron chi connectivity index (χ0n) is 16.1. The fourth-order valence-corrected chi connectivity index (χ4v) is 3.01. The first-order valence-electron chi connectivity index (χ1n) is 8.70. The predicted octanol–water partition coefficient (Wildman–Crippen LogP) is 2.62. The average molecular weight is 497 g/mol. The maximum atomic E-state index is 11.2. The van der Waals surface area contributed by atoms with E-state index < -0.39 is 9.84 Å². The number of halogens is 1. The smallest absolute Gasteiger partial charge is 0.191 e. The summed E-state index contributed by atoms with van der Waals surface area (Å²) in [5.41, 5.74) is 1.20. The van der Waals surface area contributed by atoms with E-state index in [0.717, 1.165) is 31.7 Å². The van der Waals surface area contributed by atoms with Gasteiger partial charge in [0, 0.05) is 25.9 Å². The second kappa shape index (κ2) is 13.2. The van der Waals surface area contributed by atoms with E-state index in [-0.39, 0.29) is 35.8 Å². The second-order valence-corrected chi connectivity index (χ2v) is 8.47. The van der Waals surface area contributed by atoms with Gasteiger partial charge in [0.05, 0.1) is 12.4 Å². The van der Waals surface area contributed by atoms with Crippen molar-refractivity contribution in [1.29, 1.82) is 0 Å². The Bertz CT molecular complexity index is 651. The van der Waals surface area contributed by atoms with Crippen molar-refractivity contribution in [2.75, 3.05) is 32.2 Å². The molecule has 0 radical (unpaired) electrons. The molecule has 0 saturated carbocycles. The van der Waals surface area contributed by atoms with Crippen molar-refractivity contribution < 1.29 is 13.2 Å². The molecule has 0 bridgehead atoms. The van der Waals surface area contributed by atoms with Crippen LogP contribution in [0.3, 0.4) is 0 Å². The number of aliphatic imine (C=N–C) groups is 1. The Morgan fingerprint density at radius 1 is 1.35 bits per heavy atom. The molecule has 0 aliphatic carbocycles. The van der Waals surface area contributed by atoms with Crippen molar-refractivity contribution in [2.45, 2.75) is 39.2 Å². The maximum Gasteiger partial charge on any atom is 0.191 e. The lowest BCUT2D eigenvalue weighted by atomic mass is 10.1. The van der Waals surface area contributed by atoms with E-state index in [0.29, 0.717) is 12.4 Å². The molecule has 1 aromatic rings. The molecule has 0 heterocycles. The minimum atomic E-state index is -2.94. The van der Waals surface area contributed by atoms with E-state index in [1.54, 1.807) is 7.05 Å². The summed E-state index contributed by atoms with van der Waals surface area (Å²) < 4.78 is 28.1. The van der Waals surface area contributed by atoms with Crippen LogP contribution in [0.1, 0.15) is 32.3 Å². The average Bonchev–Trinajstić information content (AvgIpc) is 2.57. The molecule has 0 aromatic heterocycles. The first-order chi connectivity index (χ1) is 11.8. The van der Waals surface area contributed by atoms with Gasteiger partial charge in [-0.1, -0.05) is 19.1 Å². The minimum Gasteiger partial charge on any atom is -0.494 e. The van der Waals surface area contributed by atoms with Crippen molar-refractivity contribution in [3.8, 4) is 5.75 Å². The van der Waals surface area contributed by atoms with Crippen molar-refractivity contribution in [3.05, 3.63) is 29.8 Å². The minimum absolute atomic E-state index is 0. The Morgan fingerprint density at radius 2 is 2.08 bits per heavy atom. The highest BCUT2D eigenvalue weighted by Gasteiger charge is 2.09. The third-order valence-corrected chi connectivity index (χ3v) is 4.58. The van der Waals surface area contributed by atoms with E-state index in [4.69, 9.17) is 4.74 Å². The molecule has 1 rings (SSSR count). The Hall–Kier alpha value is -1.03. The zero-order chi connectivity index (χ0) is 18.7. The Balaban J connectivity index is 0.00000625. The van der Waals surface area contributed by atoms with Crippen LogP contribution in [-0.4, -0.2) is 52.6 Å². The highest BCUT2D eigenvalue weighted by atomic mass is 127. The number of nitrogens with one attached hydrogen (secondary N) is 2. The van der Waals surface area contributed by atoms with Crippen LogP contribution < -0.4 is 15.4 Å². The summed E-state index contributed by atoms with van der Waals surface area (Å²) >= 11 is 0. The predicted molar refractivity (Wildman–Crippen MR) is 120 cm³/mol. The van der Waals surface area contributed by atoms with Gasteiger partial charge in [0.15, 0.2) is 5.96 Å². The first kappa shape index (κ1) is 25.0. The molecule has 0 aliphatic heterocycles. The van der Waals surface area contributed by atoms with Crippen molar-refractivity contribution in [3.63, 3.8) is 0 Å². The highest BCUT2D eigenvalue weighted by molar-refractivity contribution is 14.0. The zero-order valence-corrected chi connectivity index (χ0v) is 19.3. The molecule has 0 aliphatic rings. The summed E-state index contributed by atoms with van der Waals surface area (Å²) in [5, 5.41) is 6.47. The van der Waals surface area contributed by atoms with Gasteiger partial charge in [0.25, 0.3) is 0 Å². The fraction of sp³-hybridized carbons (Fsp3) is 0.611. The van der Waals surface area contributed by atoms with Crippen LogP contribution in [0, 0.1) is 0 Å². The Kier molecular flexibility index (Phi) is 12.7. The maximum absolute atomic E-state index is 11.2. The summed E-state index contributed by atoms with van der Waals surface area (Å²) in [6.07, 6.45) is 3.65. The number of hydrogen-bond donors (Lipinski definition) is 2. The molecule has 2 N–H and O–H groups in total. The van der Waals surface area contributed by atoms with Crippen LogP contribution >= 0.6 is 24.0 Å². The van der Waals surface area contributed by atoms with E-state index in [9.17, 15) is 8.42 Å². The molecular formula is C18H32IN3O3S. The van der Waals surface area contributed by atoms with Gasteiger partial charge in [-0.3, -0.25) is 4.99 Å². The van der Waals surface area contributed by atoms with Crippen LogP contribution in [0.4, 0.5) is 0 Å². The van der Waals surface area contributed by atoms with Gasteiger partial charge in [-0.15, -0.1) is 24.0 Å². The molecule has 0 saturated heterocycles. The van der Waals surface area contributed by atoms with Crippen molar-refractivity contribution in [1.82, 2.24) is 10.6 Å². The van der Waals surface area contributed by atoms with Crippen LogP contribution in [-0.2, 0) is 16.3 Å². The van der Waals surface area contributed by atoms with E-state index >= 15 is 0 Å². The molecular weight excluding hydrogens is 465 g/mol. The SMILES string of the molecule is CCCOc1cccc(CCNC(=NC)NC(C)CCS(C)(=O)=O)c1.I.